The van der Waals surface area contributed by atoms with Gasteiger partial charge in [0.1, 0.15) is 11.5 Å². The van der Waals surface area contributed by atoms with Crippen molar-refractivity contribution in [1.29, 1.82) is 0 Å². The maximum absolute atomic E-state index is 12.2. The monoisotopic (exact) mass is 331 g/mol. The van der Waals surface area contributed by atoms with E-state index in [-0.39, 0.29) is 31.2 Å². The SMILES string of the molecule is CC(C)(C)OC(=O)N1CC(=O)C(CN=Nc2ccccc2)C(=O)C1. The van der Waals surface area contributed by atoms with Crippen LogP contribution in [0.1, 0.15) is 20.8 Å². The van der Waals surface area contributed by atoms with Gasteiger partial charge in [0.15, 0.2) is 11.6 Å². The number of amides is 1. The van der Waals surface area contributed by atoms with Gasteiger partial charge in [0.05, 0.1) is 25.3 Å². The van der Waals surface area contributed by atoms with E-state index in [0.29, 0.717) is 5.69 Å². The van der Waals surface area contributed by atoms with Gasteiger partial charge in [-0.2, -0.15) is 10.2 Å². The van der Waals surface area contributed by atoms with E-state index in [1.165, 1.54) is 0 Å². The molecule has 0 spiro atoms. The molecule has 2 rings (SSSR count). The summed E-state index contributed by atoms with van der Waals surface area (Å²) >= 11 is 0. The molecule has 1 aliphatic rings. The van der Waals surface area contributed by atoms with Crippen molar-refractivity contribution >= 4 is 23.3 Å². The Labute approximate surface area is 140 Å². The fourth-order valence-corrected chi connectivity index (χ4v) is 2.19. The average molecular weight is 331 g/mol. The molecule has 7 heteroatoms. The lowest BCUT2D eigenvalue weighted by Gasteiger charge is -2.31. The summed E-state index contributed by atoms with van der Waals surface area (Å²) in [4.78, 5) is 37.4. The molecule has 0 unspecified atom stereocenters. The van der Waals surface area contributed by atoms with Crippen LogP contribution in [0, 0.1) is 5.92 Å². The summed E-state index contributed by atoms with van der Waals surface area (Å²) < 4.78 is 5.19. The van der Waals surface area contributed by atoms with Crippen LogP contribution in [-0.4, -0.2) is 47.8 Å². The van der Waals surface area contributed by atoms with Crippen LogP contribution in [0.2, 0.25) is 0 Å². The maximum atomic E-state index is 12.2. The zero-order valence-corrected chi connectivity index (χ0v) is 14.1. The van der Waals surface area contributed by atoms with Crippen molar-refractivity contribution < 1.29 is 19.1 Å². The van der Waals surface area contributed by atoms with E-state index in [2.05, 4.69) is 10.2 Å². The Balaban J connectivity index is 1.94. The van der Waals surface area contributed by atoms with Gasteiger partial charge in [-0.25, -0.2) is 4.79 Å². The summed E-state index contributed by atoms with van der Waals surface area (Å²) in [6.07, 6.45) is -0.659. The minimum atomic E-state index is -0.851. The fraction of sp³-hybridized carbons (Fsp3) is 0.471. The molecule has 1 heterocycles. The Hall–Kier alpha value is -2.57. The number of piperidine rings is 1. The minimum Gasteiger partial charge on any atom is -0.444 e. The first-order valence-electron chi connectivity index (χ1n) is 7.72. The van der Waals surface area contributed by atoms with Gasteiger partial charge in [0.2, 0.25) is 0 Å². The van der Waals surface area contributed by atoms with Crippen LogP contribution in [0.5, 0.6) is 0 Å². The quantitative estimate of drug-likeness (QED) is 0.629. The smallest absolute Gasteiger partial charge is 0.411 e. The predicted octanol–water partition coefficient (Wildman–Crippen LogP) is 2.78. The molecule has 1 aromatic rings. The number of hydrogen-bond donors (Lipinski definition) is 0. The van der Waals surface area contributed by atoms with Crippen LogP contribution in [-0.2, 0) is 14.3 Å². The van der Waals surface area contributed by atoms with E-state index < -0.39 is 17.6 Å². The lowest BCUT2D eigenvalue weighted by Crippen LogP contribution is -2.51. The number of carbonyl (C=O) groups excluding carboxylic acids is 3. The highest BCUT2D eigenvalue weighted by molar-refractivity contribution is 6.08. The number of carbonyl (C=O) groups is 3. The Morgan fingerprint density at radius 2 is 1.75 bits per heavy atom. The number of nitrogens with zero attached hydrogens (tertiary/aromatic N) is 3. The van der Waals surface area contributed by atoms with Gasteiger partial charge in [-0.05, 0) is 32.9 Å². The Bertz CT molecular complexity index is 632. The van der Waals surface area contributed by atoms with Crippen molar-refractivity contribution in [1.82, 2.24) is 4.90 Å². The highest BCUT2D eigenvalue weighted by Crippen LogP contribution is 2.17. The molecular formula is C17H21N3O4. The first-order chi connectivity index (χ1) is 11.3. The number of rotatable bonds is 3. The first kappa shape index (κ1) is 17.8. The number of likely N-dealkylation sites (tertiary alicyclic amines) is 1. The van der Waals surface area contributed by atoms with E-state index in [4.69, 9.17) is 4.74 Å². The molecule has 1 aromatic carbocycles. The summed E-state index contributed by atoms with van der Waals surface area (Å²) in [6, 6.07) is 9.06. The Morgan fingerprint density at radius 3 is 2.29 bits per heavy atom. The lowest BCUT2D eigenvalue weighted by atomic mass is 9.94. The maximum Gasteiger partial charge on any atom is 0.411 e. The Morgan fingerprint density at radius 1 is 1.17 bits per heavy atom. The molecule has 0 atom stereocenters. The summed E-state index contributed by atoms with van der Waals surface area (Å²) in [5.74, 6) is -1.54. The number of hydrogen-bond acceptors (Lipinski definition) is 6. The average Bonchev–Trinajstić information content (AvgIpc) is 2.49. The summed E-state index contributed by atoms with van der Waals surface area (Å²) in [6.45, 7) is 4.88. The van der Waals surface area contributed by atoms with Gasteiger partial charge in [0.25, 0.3) is 0 Å². The van der Waals surface area contributed by atoms with Crippen molar-refractivity contribution in [2.45, 2.75) is 26.4 Å². The van der Waals surface area contributed by atoms with Crippen molar-refractivity contribution in [2.75, 3.05) is 19.6 Å². The highest BCUT2D eigenvalue weighted by atomic mass is 16.6. The molecule has 1 fully saturated rings. The van der Waals surface area contributed by atoms with E-state index >= 15 is 0 Å². The molecule has 0 aromatic heterocycles. The van der Waals surface area contributed by atoms with Gasteiger partial charge in [-0.3, -0.25) is 14.5 Å². The third kappa shape index (κ3) is 4.97. The number of ether oxygens (including phenoxy) is 1. The number of benzene rings is 1. The summed E-state index contributed by atoms with van der Waals surface area (Å²) in [5.41, 5.74) is -0.0206. The van der Waals surface area contributed by atoms with Crippen LogP contribution in [0.15, 0.2) is 40.6 Å². The summed E-state index contributed by atoms with van der Waals surface area (Å²) in [7, 11) is 0. The van der Waals surface area contributed by atoms with Crippen LogP contribution < -0.4 is 0 Å². The van der Waals surface area contributed by atoms with Gasteiger partial charge < -0.3 is 4.74 Å². The third-order valence-corrected chi connectivity index (χ3v) is 3.33. The molecule has 0 aliphatic carbocycles. The lowest BCUT2D eigenvalue weighted by molar-refractivity contribution is -0.138. The van der Waals surface area contributed by atoms with E-state index in [1.807, 2.05) is 18.2 Å². The van der Waals surface area contributed by atoms with E-state index in [0.717, 1.165) is 4.90 Å². The van der Waals surface area contributed by atoms with Gasteiger partial charge in [-0.1, -0.05) is 18.2 Å². The summed E-state index contributed by atoms with van der Waals surface area (Å²) in [5, 5.41) is 7.93. The molecule has 1 saturated heterocycles. The van der Waals surface area contributed by atoms with Gasteiger partial charge in [-0.15, -0.1) is 0 Å². The zero-order valence-electron chi connectivity index (χ0n) is 14.1. The van der Waals surface area contributed by atoms with Crippen molar-refractivity contribution in [3.05, 3.63) is 30.3 Å². The molecule has 0 radical (unpaired) electrons. The number of Topliss-reactive ketones (excluding diaryl/α,β-unsaturated/α-hetero) is 2. The molecule has 24 heavy (non-hydrogen) atoms. The topological polar surface area (TPSA) is 88.4 Å². The highest BCUT2D eigenvalue weighted by Gasteiger charge is 2.37. The largest absolute Gasteiger partial charge is 0.444 e. The van der Waals surface area contributed by atoms with Crippen LogP contribution in [0.4, 0.5) is 10.5 Å². The van der Waals surface area contributed by atoms with Crippen molar-refractivity contribution in [3.63, 3.8) is 0 Å². The fourth-order valence-electron chi connectivity index (χ4n) is 2.19. The second-order valence-electron chi connectivity index (χ2n) is 6.58. The van der Waals surface area contributed by atoms with Crippen LogP contribution in [0.25, 0.3) is 0 Å². The number of azo groups is 1. The molecular weight excluding hydrogens is 310 g/mol. The zero-order chi connectivity index (χ0) is 17.7. The van der Waals surface area contributed by atoms with Gasteiger partial charge >= 0.3 is 6.09 Å². The Kier molecular flexibility index (Phi) is 5.43. The van der Waals surface area contributed by atoms with Crippen molar-refractivity contribution in [3.8, 4) is 0 Å². The minimum absolute atomic E-state index is 0.00524. The molecule has 0 N–H and O–H groups in total. The van der Waals surface area contributed by atoms with Gasteiger partial charge in [0, 0.05) is 0 Å². The van der Waals surface area contributed by atoms with E-state index in [1.54, 1.807) is 32.9 Å². The standard InChI is InChI=1S/C17H21N3O4/c1-17(2,3)24-16(23)20-10-14(21)13(15(22)11-20)9-18-19-12-7-5-4-6-8-12/h4-8,13H,9-11H2,1-3H3. The van der Waals surface area contributed by atoms with Crippen LogP contribution in [0.3, 0.4) is 0 Å². The normalized spacial score (nSPS) is 16.7. The second-order valence-corrected chi connectivity index (χ2v) is 6.58. The predicted molar refractivity (Wildman–Crippen MR) is 87.1 cm³/mol. The molecule has 1 aliphatic heterocycles. The second kappa shape index (κ2) is 7.33. The molecule has 1 amide bonds. The third-order valence-electron chi connectivity index (χ3n) is 3.33. The molecule has 0 bridgehead atoms. The van der Waals surface area contributed by atoms with Crippen LogP contribution >= 0.6 is 0 Å². The first-order valence-corrected chi connectivity index (χ1v) is 7.72. The number of ketones is 2. The van der Waals surface area contributed by atoms with Crippen molar-refractivity contribution in [2.24, 2.45) is 16.1 Å². The molecule has 7 nitrogen and oxygen atoms in total. The van der Waals surface area contributed by atoms with E-state index in [9.17, 15) is 14.4 Å². The molecule has 128 valence electrons. The molecule has 0 saturated carbocycles.